The summed E-state index contributed by atoms with van der Waals surface area (Å²) in [7, 11) is 0. The Morgan fingerprint density at radius 2 is 2.09 bits per heavy atom. The normalized spacial score (nSPS) is 26.5. The lowest BCUT2D eigenvalue weighted by Crippen LogP contribution is -2.48. The van der Waals surface area contributed by atoms with E-state index in [9.17, 15) is 4.79 Å². The van der Waals surface area contributed by atoms with Crippen molar-refractivity contribution in [1.29, 1.82) is 0 Å². The Bertz CT molecular complexity index is 179. The molecule has 62 valence electrons. The molecule has 2 fully saturated rings. The van der Waals surface area contributed by atoms with E-state index in [0.717, 1.165) is 19.6 Å². The second-order valence-corrected chi connectivity index (χ2v) is 3.85. The average molecular weight is 155 g/mol. The third-order valence-corrected chi connectivity index (χ3v) is 2.72. The molecule has 3 nitrogen and oxygen atoms in total. The summed E-state index contributed by atoms with van der Waals surface area (Å²) < 4.78 is 0. The Morgan fingerprint density at radius 3 is 2.55 bits per heavy atom. The minimum Gasteiger partial charge on any atom is -0.481 e. The van der Waals surface area contributed by atoms with Gasteiger partial charge in [0, 0.05) is 19.6 Å². The number of hydrogen-bond acceptors (Lipinski definition) is 2. The second kappa shape index (κ2) is 2.21. The standard InChI is InChI=1S/C8H13NO2/c10-7(11)1-4-9-5-8(6-9)2-3-8/h1-6H2,(H,10,11). The summed E-state index contributed by atoms with van der Waals surface area (Å²) in [5, 5.41) is 8.40. The van der Waals surface area contributed by atoms with Gasteiger partial charge in [0.25, 0.3) is 0 Å². The minimum atomic E-state index is -0.679. The van der Waals surface area contributed by atoms with E-state index in [4.69, 9.17) is 5.11 Å². The van der Waals surface area contributed by atoms with Crippen LogP contribution < -0.4 is 0 Å². The van der Waals surface area contributed by atoms with Crippen LogP contribution in [0, 0.1) is 5.41 Å². The lowest BCUT2D eigenvalue weighted by molar-refractivity contribution is -0.137. The molecule has 0 aromatic heterocycles. The van der Waals surface area contributed by atoms with E-state index in [0.29, 0.717) is 11.8 Å². The Kier molecular flexibility index (Phi) is 1.42. The first-order valence-corrected chi connectivity index (χ1v) is 4.14. The van der Waals surface area contributed by atoms with Crippen LogP contribution in [0.1, 0.15) is 19.3 Å². The summed E-state index contributed by atoms with van der Waals surface area (Å²) in [6, 6.07) is 0. The van der Waals surface area contributed by atoms with Crippen molar-refractivity contribution >= 4 is 5.97 Å². The first-order valence-electron chi connectivity index (χ1n) is 4.14. The molecule has 2 aliphatic rings. The molecular formula is C8H13NO2. The van der Waals surface area contributed by atoms with Gasteiger partial charge in [0.1, 0.15) is 0 Å². The maximum Gasteiger partial charge on any atom is 0.304 e. The first-order chi connectivity index (χ1) is 5.20. The van der Waals surface area contributed by atoms with Gasteiger partial charge in [-0.3, -0.25) is 4.79 Å². The van der Waals surface area contributed by atoms with Crippen LogP contribution >= 0.6 is 0 Å². The maximum absolute atomic E-state index is 10.2. The van der Waals surface area contributed by atoms with Crippen LogP contribution in [0.4, 0.5) is 0 Å². The predicted molar refractivity (Wildman–Crippen MR) is 40.4 cm³/mol. The lowest BCUT2D eigenvalue weighted by atomic mass is 9.97. The molecule has 0 aromatic rings. The second-order valence-electron chi connectivity index (χ2n) is 3.85. The summed E-state index contributed by atoms with van der Waals surface area (Å²) in [6.45, 7) is 3.05. The largest absolute Gasteiger partial charge is 0.481 e. The van der Waals surface area contributed by atoms with E-state index in [1.54, 1.807) is 0 Å². The molecular weight excluding hydrogens is 142 g/mol. The average Bonchev–Trinajstić information content (AvgIpc) is 2.58. The van der Waals surface area contributed by atoms with Gasteiger partial charge in [-0.25, -0.2) is 0 Å². The first kappa shape index (κ1) is 7.10. The zero-order valence-electron chi connectivity index (χ0n) is 6.55. The number of aliphatic carboxylic acids is 1. The van der Waals surface area contributed by atoms with Gasteiger partial charge in [-0.05, 0) is 18.3 Å². The topological polar surface area (TPSA) is 40.5 Å². The highest BCUT2D eigenvalue weighted by Crippen LogP contribution is 2.52. The summed E-state index contributed by atoms with van der Waals surface area (Å²) in [4.78, 5) is 12.4. The molecule has 0 atom stereocenters. The molecule has 3 heteroatoms. The molecule has 1 aliphatic carbocycles. The molecule has 11 heavy (non-hydrogen) atoms. The Morgan fingerprint density at radius 1 is 1.45 bits per heavy atom. The third-order valence-electron chi connectivity index (χ3n) is 2.72. The van der Waals surface area contributed by atoms with E-state index >= 15 is 0 Å². The molecule has 1 N–H and O–H groups in total. The number of nitrogens with zero attached hydrogens (tertiary/aromatic N) is 1. The van der Waals surface area contributed by atoms with Crippen LogP contribution in [0.2, 0.25) is 0 Å². The predicted octanol–water partition coefficient (Wildman–Crippen LogP) is 0.557. The fraction of sp³-hybridized carbons (Fsp3) is 0.875. The zero-order chi connectivity index (χ0) is 7.90. The fourth-order valence-electron chi connectivity index (χ4n) is 1.81. The summed E-state index contributed by atoms with van der Waals surface area (Å²) >= 11 is 0. The highest BCUT2D eigenvalue weighted by molar-refractivity contribution is 5.66. The van der Waals surface area contributed by atoms with Gasteiger partial charge < -0.3 is 10.0 Å². The molecule has 0 radical (unpaired) electrons. The molecule has 0 bridgehead atoms. The van der Waals surface area contributed by atoms with Crippen LogP contribution in [0.5, 0.6) is 0 Å². The van der Waals surface area contributed by atoms with Gasteiger partial charge in [-0.1, -0.05) is 0 Å². The number of carboxylic acids is 1. The number of carbonyl (C=O) groups is 1. The summed E-state index contributed by atoms with van der Waals surface area (Å²) in [5.41, 5.74) is 0.665. The van der Waals surface area contributed by atoms with Gasteiger partial charge >= 0.3 is 5.97 Å². The smallest absolute Gasteiger partial charge is 0.304 e. The van der Waals surface area contributed by atoms with Gasteiger partial charge in [-0.2, -0.15) is 0 Å². The molecule has 0 amide bonds. The molecule has 1 spiro atoms. The minimum absolute atomic E-state index is 0.302. The molecule has 0 aromatic carbocycles. The van der Waals surface area contributed by atoms with Crippen molar-refractivity contribution < 1.29 is 9.90 Å². The van der Waals surface area contributed by atoms with Gasteiger partial charge in [0.2, 0.25) is 0 Å². The van der Waals surface area contributed by atoms with Crippen LogP contribution in [-0.2, 0) is 4.79 Å². The highest BCUT2D eigenvalue weighted by Gasteiger charge is 2.51. The van der Waals surface area contributed by atoms with Gasteiger partial charge in [0.15, 0.2) is 0 Å². The van der Waals surface area contributed by atoms with E-state index in [1.807, 2.05) is 0 Å². The van der Waals surface area contributed by atoms with E-state index < -0.39 is 5.97 Å². The molecule has 0 unspecified atom stereocenters. The van der Waals surface area contributed by atoms with Crippen molar-refractivity contribution in [3.05, 3.63) is 0 Å². The van der Waals surface area contributed by atoms with Crippen molar-refractivity contribution in [2.45, 2.75) is 19.3 Å². The van der Waals surface area contributed by atoms with E-state index in [2.05, 4.69) is 4.90 Å². The van der Waals surface area contributed by atoms with Crippen LogP contribution in [0.15, 0.2) is 0 Å². The maximum atomic E-state index is 10.2. The molecule has 1 saturated carbocycles. The Balaban J connectivity index is 1.63. The molecule has 1 aliphatic heterocycles. The third kappa shape index (κ3) is 1.38. The number of rotatable bonds is 3. The fourth-order valence-corrected chi connectivity index (χ4v) is 1.81. The monoisotopic (exact) mass is 155 g/mol. The summed E-state index contributed by atoms with van der Waals surface area (Å²) in [5.74, 6) is -0.679. The summed E-state index contributed by atoms with van der Waals surface area (Å²) in [6.07, 6.45) is 3.04. The van der Waals surface area contributed by atoms with Gasteiger partial charge in [-0.15, -0.1) is 0 Å². The van der Waals surface area contributed by atoms with Crippen molar-refractivity contribution in [2.75, 3.05) is 19.6 Å². The zero-order valence-corrected chi connectivity index (χ0v) is 6.55. The van der Waals surface area contributed by atoms with Crippen molar-refractivity contribution in [3.8, 4) is 0 Å². The molecule has 1 saturated heterocycles. The van der Waals surface area contributed by atoms with Crippen LogP contribution in [0.3, 0.4) is 0 Å². The quantitative estimate of drug-likeness (QED) is 0.647. The van der Waals surface area contributed by atoms with Crippen molar-refractivity contribution in [3.63, 3.8) is 0 Å². The Hall–Kier alpha value is -0.570. The van der Waals surface area contributed by atoms with E-state index in [1.165, 1.54) is 12.8 Å². The number of carboxylic acid groups (broad SMARTS) is 1. The number of likely N-dealkylation sites (tertiary alicyclic amines) is 1. The SMILES string of the molecule is O=C(O)CCN1CC2(CC2)C1. The molecule has 2 rings (SSSR count). The highest BCUT2D eigenvalue weighted by atomic mass is 16.4. The Labute approximate surface area is 66.0 Å². The lowest BCUT2D eigenvalue weighted by Gasteiger charge is -2.39. The van der Waals surface area contributed by atoms with Crippen LogP contribution in [-0.4, -0.2) is 35.6 Å². The van der Waals surface area contributed by atoms with E-state index in [-0.39, 0.29) is 0 Å². The van der Waals surface area contributed by atoms with Crippen molar-refractivity contribution in [2.24, 2.45) is 5.41 Å². The van der Waals surface area contributed by atoms with Crippen LogP contribution in [0.25, 0.3) is 0 Å². The number of hydrogen-bond donors (Lipinski definition) is 1. The molecule has 1 heterocycles. The van der Waals surface area contributed by atoms with Crippen molar-refractivity contribution in [1.82, 2.24) is 4.90 Å². The van der Waals surface area contributed by atoms with Gasteiger partial charge in [0.05, 0.1) is 6.42 Å².